The van der Waals surface area contributed by atoms with Crippen molar-refractivity contribution in [1.29, 1.82) is 0 Å². The molecule has 0 amide bonds. The summed E-state index contributed by atoms with van der Waals surface area (Å²) in [5.41, 5.74) is 0.626. The molecule has 3 nitrogen and oxygen atoms in total. The van der Waals surface area contributed by atoms with E-state index in [0.29, 0.717) is 21.9 Å². The van der Waals surface area contributed by atoms with Gasteiger partial charge in [0.15, 0.2) is 5.13 Å². The predicted molar refractivity (Wildman–Crippen MR) is 85.7 cm³/mol. The molecule has 0 aliphatic carbocycles. The SMILES string of the molecule is C#CCN(CCSC)c1nc2ccc(OC(F)(F)F)cc2s1. The normalized spacial score (nSPS) is 11.4. The van der Waals surface area contributed by atoms with Gasteiger partial charge in [0.2, 0.25) is 0 Å². The Kier molecular flexibility index (Phi) is 5.42. The molecule has 0 aliphatic rings. The zero-order chi connectivity index (χ0) is 16.2. The molecule has 0 saturated carbocycles. The minimum absolute atomic E-state index is 0.247. The molecule has 22 heavy (non-hydrogen) atoms. The van der Waals surface area contributed by atoms with E-state index in [1.54, 1.807) is 11.8 Å². The third kappa shape index (κ3) is 4.45. The molecule has 1 aromatic carbocycles. The summed E-state index contributed by atoms with van der Waals surface area (Å²) in [6.07, 6.45) is 2.65. The van der Waals surface area contributed by atoms with Crippen molar-refractivity contribution in [2.45, 2.75) is 6.36 Å². The van der Waals surface area contributed by atoms with E-state index in [-0.39, 0.29) is 5.75 Å². The Morgan fingerprint density at radius 3 is 2.86 bits per heavy atom. The maximum atomic E-state index is 12.2. The summed E-state index contributed by atoms with van der Waals surface area (Å²) in [5, 5.41) is 0.700. The number of ether oxygens (including phenoxy) is 1. The van der Waals surface area contributed by atoms with Crippen LogP contribution in [-0.2, 0) is 0 Å². The van der Waals surface area contributed by atoms with Gasteiger partial charge in [0.25, 0.3) is 0 Å². The number of rotatable bonds is 6. The van der Waals surface area contributed by atoms with Crippen LogP contribution in [0.2, 0.25) is 0 Å². The van der Waals surface area contributed by atoms with Crippen LogP contribution in [0.1, 0.15) is 0 Å². The molecule has 0 unspecified atom stereocenters. The molecular formula is C14H13F3N2OS2. The summed E-state index contributed by atoms with van der Waals surface area (Å²) in [7, 11) is 0. The first-order chi connectivity index (χ1) is 10.4. The number of thiazole rings is 1. The molecule has 0 fully saturated rings. The molecule has 0 atom stereocenters. The average Bonchev–Trinajstić information content (AvgIpc) is 2.84. The minimum Gasteiger partial charge on any atom is -0.406 e. The van der Waals surface area contributed by atoms with Crippen molar-refractivity contribution in [2.75, 3.05) is 30.0 Å². The van der Waals surface area contributed by atoms with Crippen LogP contribution in [0.3, 0.4) is 0 Å². The van der Waals surface area contributed by atoms with E-state index in [4.69, 9.17) is 6.42 Å². The van der Waals surface area contributed by atoms with Crippen LogP contribution >= 0.6 is 23.1 Å². The van der Waals surface area contributed by atoms with Gasteiger partial charge in [-0.3, -0.25) is 0 Å². The molecule has 0 spiro atoms. The van der Waals surface area contributed by atoms with Gasteiger partial charge >= 0.3 is 6.36 Å². The lowest BCUT2D eigenvalue weighted by Gasteiger charge is -2.17. The Bertz CT molecular complexity index is 679. The van der Waals surface area contributed by atoms with Gasteiger partial charge < -0.3 is 9.64 Å². The van der Waals surface area contributed by atoms with E-state index in [1.807, 2.05) is 11.2 Å². The zero-order valence-electron chi connectivity index (χ0n) is 11.7. The maximum Gasteiger partial charge on any atom is 0.573 e. The van der Waals surface area contributed by atoms with Crippen LogP contribution in [0.25, 0.3) is 10.2 Å². The lowest BCUT2D eigenvalue weighted by molar-refractivity contribution is -0.274. The minimum atomic E-state index is -4.70. The van der Waals surface area contributed by atoms with Gasteiger partial charge in [-0.15, -0.1) is 19.6 Å². The monoisotopic (exact) mass is 346 g/mol. The van der Waals surface area contributed by atoms with E-state index in [1.165, 1.54) is 29.5 Å². The number of benzene rings is 1. The highest BCUT2D eigenvalue weighted by Crippen LogP contribution is 2.33. The molecular weight excluding hydrogens is 333 g/mol. The van der Waals surface area contributed by atoms with E-state index in [0.717, 1.165) is 12.3 Å². The first-order valence-corrected chi connectivity index (χ1v) is 8.47. The van der Waals surface area contributed by atoms with Crippen molar-refractivity contribution < 1.29 is 17.9 Å². The molecule has 0 N–H and O–H groups in total. The van der Waals surface area contributed by atoms with Gasteiger partial charge in [-0.25, -0.2) is 4.98 Å². The van der Waals surface area contributed by atoms with Gasteiger partial charge in [0, 0.05) is 18.4 Å². The molecule has 1 heterocycles. The lowest BCUT2D eigenvalue weighted by Crippen LogP contribution is -2.25. The van der Waals surface area contributed by atoms with Crippen molar-refractivity contribution >= 4 is 38.4 Å². The van der Waals surface area contributed by atoms with Gasteiger partial charge in [0.1, 0.15) is 5.75 Å². The fourth-order valence-corrected chi connectivity index (χ4v) is 3.20. The van der Waals surface area contributed by atoms with Crippen LogP contribution in [-0.4, -0.2) is 36.4 Å². The lowest BCUT2D eigenvalue weighted by atomic mass is 10.3. The van der Waals surface area contributed by atoms with Gasteiger partial charge in [-0.2, -0.15) is 11.8 Å². The first-order valence-electron chi connectivity index (χ1n) is 6.26. The van der Waals surface area contributed by atoms with E-state index in [9.17, 15) is 13.2 Å². The van der Waals surface area contributed by atoms with Gasteiger partial charge in [-0.1, -0.05) is 17.3 Å². The van der Waals surface area contributed by atoms with Gasteiger partial charge in [-0.05, 0) is 18.4 Å². The Balaban J connectivity index is 2.27. The highest BCUT2D eigenvalue weighted by atomic mass is 32.2. The first kappa shape index (κ1) is 16.8. The predicted octanol–water partition coefficient (Wildman–Crippen LogP) is 4.00. The molecule has 2 aromatic rings. The third-order valence-electron chi connectivity index (χ3n) is 2.70. The second-order valence-electron chi connectivity index (χ2n) is 4.29. The number of nitrogens with zero attached hydrogens (tertiary/aromatic N) is 2. The highest BCUT2D eigenvalue weighted by Gasteiger charge is 2.31. The maximum absolute atomic E-state index is 12.2. The Hall–Kier alpha value is -1.59. The van der Waals surface area contributed by atoms with Crippen molar-refractivity contribution in [2.24, 2.45) is 0 Å². The zero-order valence-corrected chi connectivity index (χ0v) is 13.3. The second-order valence-corrected chi connectivity index (χ2v) is 6.29. The highest BCUT2D eigenvalue weighted by molar-refractivity contribution is 7.98. The van der Waals surface area contributed by atoms with E-state index < -0.39 is 6.36 Å². The Morgan fingerprint density at radius 1 is 1.45 bits per heavy atom. The number of aromatic nitrogens is 1. The van der Waals surface area contributed by atoms with Crippen LogP contribution in [0.5, 0.6) is 5.75 Å². The van der Waals surface area contributed by atoms with Crippen molar-refractivity contribution in [3.05, 3.63) is 18.2 Å². The molecule has 0 bridgehead atoms. The second kappa shape index (κ2) is 7.11. The molecule has 2 rings (SSSR count). The summed E-state index contributed by atoms with van der Waals surface area (Å²) in [6, 6.07) is 4.11. The quantitative estimate of drug-likeness (QED) is 0.739. The smallest absolute Gasteiger partial charge is 0.406 e. The van der Waals surface area contributed by atoms with Crippen molar-refractivity contribution in [1.82, 2.24) is 4.98 Å². The summed E-state index contributed by atoms with van der Waals surface area (Å²) in [5.74, 6) is 3.21. The molecule has 0 saturated heterocycles. The number of fused-ring (bicyclic) bond motifs is 1. The Morgan fingerprint density at radius 2 is 2.23 bits per heavy atom. The molecule has 118 valence electrons. The summed E-state index contributed by atoms with van der Waals surface area (Å²) < 4.78 is 41.3. The topological polar surface area (TPSA) is 25.4 Å². The number of terminal acetylenes is 1. The number of thioether (sulfide) groups is 1. The van der Waals surface area contributed by atoms with E-state index in [2.05, 4.69) is 15.6 Å². The van der Waals surface area contributed by atoms with Crippen LogP contribution in [0.4, 0.5) is 18.3 Å². The summed E-state index contributed by atoms with van der Waals surface area (Å²) in [6.45, 7) is 1.14. The number of halogens is 3. The standard InChI is InChI=1S/C14H13F3N2OS2/c1-3-6-19(7-8-21-2)13-18-11-5-4-10(9-12(11)22-13)20-14(15,16)17/h1,4-5,9H,6-8H2,2H3. The fraction of sp³-hybridized carbons (Fsp3) is 0.357. The fourth-order valence-electron chi connectivity index (χ4n) is 1.78. The number of hydrogen-bond donors (Lipinski definition) is 0. The van der Waals surface area contributed by atoms with Gasteiger partial charge in [0.05, 0.1) is 16.8 Å². The molecule has 0 aliphatic heterocycles. The largest absolute Gasteiger partial charge is 0.573 e. The Labute approximate surface area is 134 Å². The average molecular weight is 346 g/mol. The molecule has 0 radical (unpaired) electrons. The number of hydrogen-bond acceptors (Lipinski definition) is 5. The van der Waals surface area contributed by atoms with Crippen LogP contribution < -0.4 is 9.64 Å². The van der Waals surface area contributed by atoms with E-state index >= 15 is 0 Å². The summed E-state index contributed by atoms with van der Waals surface area (Å²) in [4.78, 5) is 6.36. The molecule has 1 aromatic heterocycles. The molecule has 8 heteroatoms. The van der Waals surface area contributed by atoms with Crippen molar-refractivity contribution in [3.63, 3.8) is 0 Å². The van der Waals surface area contributed by atoms with Crippen molar-refractivity contribution in [3.8, 4) is 18.1 Å². The van der Waals surface area contributed by atoms with Crippen LogP contribution in [0, 0.1) is 12.3 Å². The summed E-state index contributed by atoms with van der Waals surface area (Å²) >= 11 is 2.99. The van der Waals surface area contributed by atoms with Crippen LogP contribution in [0.15, 0.2) is 18.2 Å². The number of alkyl halides is 3. The third-order valence-corrected chi connectivity index (χ3v) is 4.37. The number of anilines is 1.